The van der Waals surface area contributed by atoms with E-state index in [0.717, 1.165) is 25.2 Å². The van der Waals surface area contributed by atoms with Crippen LogP contribution in [0.1, 0.15) is 30.5 Å². The highest BCUT2D eigenvalue weighted by Crippen LogP contribution is 2.19. The lowest BCUT2D eigenvalue weighted by atomic mass is 9.97. The number of carbonyl (C=O) groups excluding carboxylic acids is 1. The monoisotopic (exact) mass is 260 g/mol. The number of benzene rings is 1. The molecule has 1 aromatic carbocycles. The molecule has 0 aromatic heterocycles. The van der Waals surface area contributed by atoms with Gasteiger partial charge in [-0.05, 0) is 38.8 Å². The molecule has 1 N–H and O–H groups in total. The zero-order valence-electron chi connectivity index (χ0n) is 12.4. The molecule has 2 rings (SSSR count). The third-order valence-corrected chi connectivity index (χ3v) is 3.95. The molecule has 1 saturated heterocycles. The van der Waals surface area contributed by atoms with Gasteiger partial charge >= 0.3 is 0 Å². The van der Waals surface area contributed by atoms with Gasteiger partial charge in [-0.25, -0.2) is 0 Å². The largest absolute Gasteiger partial charge is 0.335 e. The second-order valence-corrected chi connectivity index (χ2v) is 6.14. The van der Waals surface area contributed by atoms with E-state index in [4.69, 9.17) is 0 Å². The van der Waals surface area contributed by atoms with Gasteiger partial charge in [-0.1, -0.05) is 23.8 Å². The molecule has 0 saturated carbocycles. The van der Waals surface area contributed by atoms with Crippen molar-refractivity contribution in [3.8, 4) is 0 Å². The summed E-state index contributed by atoms with van der Waals surface area (Å²) in [7, 11) is 0. The van der Waals surface area contributed by atoms with E-state index in [1.54, 1.807) is 0 Å². The summed E-state index contributed by atoms with van der Waals surface area (Å²) in [6.45, 7) is 11.0. The van der Waals surface area contributed by atoms with Gasteiger partial charge in [0.15, 0.2) is 0 Å². The average Bonchev–Trinajstić information content (AvgIpc) is 2.33. The summed E-state index contributed by atoms with van der Waals surface area (Å²) in [5.41, 5.74) is 3.48. The van der Waals surface area contributed by atoms with E-state index in [1.807, 2.05) is 4.90 Å². The summed E-state index contributed by atoms with van der Waals surface area (Å²) in [5.74, 6) is 0.236. The molecule has 1 amide bonds. The maximum Gasteiger partial charge on any atom is 0.227 e. The van der Waals surface area contributed by atoms with E-state index in [2.05, 4.69) is 51.2 Å². The number of hydrogen-bond acceptors (Lipinski definition) is 2. The van der Waals surface area contributed by atoms with E-state index in [0.29, 0.717) is 6.42 Å². The van der Waals surface area contributed by atoms with Gasteiger partial charge in [0.2, 0.25) is 5.91 Å². The van der Waals surface area contributed by atoms with Crippen molar-refractivity contribution in [1.29, 1.82) is 0 Å². The maximum atomic E-state index is 12.5. The van der Waals surface area contributed by atoms with Crippen LogP contribution in [0.25, 0.3) is 0 Å². The lowest BCUT2D eigenvalue weighted by Crippen LogP contribution is -2.60. The molecule has 1 heterocycles. The van der Waals surface area contributed by atoms with Crippen molar-refractivity contribution in [2.75, 3.05) is 19.6 Å². The Balaban J connectivity index is 2.14. The maximum absolute atomic E-state index is 12.5. The van der Waals surface area contributed by atoms with Crippen LogP contribution in [-0.2, 0) is 11.2 Å². The van der Waals surface area contributed by atoms with Crippen molar-refractivity contribution in [2.24, 2.45) is 0 Å². The second kappa shape index (κ2) is 5.33. The van der Waals surface area contributed by atoms with Crippen molar-refractivity contribution in [3.63, 3.8) is 0 Å². The molecule has 3 heteroatoms. The van der Waals surface area contributed by atoms with E-state index in [9.17, 15) is 4.79 Å². The lowest BCUT2D eigenvalue weighted by Gasteiger charge is -2.43. The zero-order chi connectivity index (χ0) is 14.0. The van der Waals surface area contributed by atoms with Crippen LogP contribution in [0.4, 0.5) is 0 Å². The first-order chi connectivity index (χ1) is 8.90. The summed E-state index contributed by atoms with van der Waals surface area (Å²) in [6.07, 6.45) is 0.511. The molecule has 0 aliphatic carbocycles. The minimum atomic E-state index is -0.0902. The first-order valence-electron chi connectivity index (χ1n) is 6.97. The fraction of sp³-hybridized carbons (Fsp3) is 0.562. The molecule has 0 unspecified atom stereocenters. The minimum absolute atomic E-state index is 0.0902. The summed E-state index contributed by atoms with van der Waals surface area (Å²) in [6, 6.07) is 6.32. The second-order valence-electron chi connectivity index (χ2n) is 6.14. The van der Waals surface area contributed by atoms with Gasteiger partial charge in [0.05, 0.1) is 6.42 Å². The SMILES string of the molecule is Cc1ccc(C)c(CC(=O)N2CCNCC2(C)C)c1. The van der Waals surface area contributed by atoms with Crippen molar-refractivity contribution < 1.29 is 4.79 Å². The zero-order valence-corrected chi connectivity index (χ0v) is 12.4. The Kier molecular flexibility index (Phi) is 3.95. The fourth-order valence-corrected chi connectivity index (χ4v) is 2.69. The van der Waals surface area contributed by atoms with Crippen molar-refractivity contribution in [3.05, 3.63) is 34.9 Å². The molecule has 0 atom stereocenters. The molecule has 19 heavy (non-hydrogen) atoms. The molecule has 1 aliphatic heterocycles. The predicted molar refractivity (Wildman–Crippen MR) is 78.3 cm³/mol. The number of aryl methyl sites for hydroxylation is 2. The van der Waals surface area contributed by atoms with Gasteiger partial charge in [0.1, 0.15) is 0 Å². The molecule has 3 nitrogen and oxygen atoms in total. The molecule has 0 radical (unpaired) electrons. The van der Waals surface area contributed by atoms with Crippen LogP contribution in [0.3, 0.4) is 0 Å². The first-order valence-corrected chi connectivity index (χ1v) is 6.97. The van der Waals surface area contributed by atoms with Crippen LogP contribution < -0.4 is 5.32 Å². The standard InChI is InChI=1S/C16H24N2O/c1-12-5-6-13(2)14(9-12)10-15(19)18-8-7-17-11-16(18,3)4/h5-6,9,17H,7-8,10-11H2,1-4H3. The highest BCUT2D eigenvalue weighted by molar-refractivity contribution is 5.80. The number of nitrogens with zero attached hydrogens (tertiary/aromatic N) is 1. The van der Waals surface area contributed by atoms with Gasteiger partial charge < -0.3 is 10.2 Å². The molecule has 0 spiro atoms. The molecular weight excluding hydrogens is 236 g/mol. The molecule has 1 aromatic rings. The van der Waals surface area contributed by atoms with Crippen molar-refractivity contribution in [1.82, 2.24) is 10.2 Å². The molecule has 104 valence electrons. The van der Waals surface area contributed by atoms with E-state index < -0.39 is 0 Å². The number of nitrogens with one attached hydrogen (secondary N) is 1. The number of amides is 1. The summed E-state index contributed by atoms with van der Waals surface area (Å²) < 4.78 is 0. The Morgan fingerprint density at radius 3 is 2.79 bits per heavy atom. The predicted octanol–water partition coefficient (Wildman–Crippen LogP) is 2.06. The normalized spacial score (nSPS) is 18.4. The number of piperazine rings is 1. The topological polar surface area (TPSA) is 32.3 Å². The number of carbonyl (C=O) groups is 1. The summed E-state index contributed by atoms with van der Waals surface area (Å²) >= 11 is 0. The quantitative estimate of drug-likeness (QED) is 0.882. The van der Waals surface area contributed by atoms with Gasteiger partial charge in [0.25, 0.3) is 0 Å². The van der Waals surface area contributed by atoms with Gasteiger partial charge in [0, 0.05) is 25.2 Å². The number of hydrogen-bond donors (Lipinski definition) is 1. The third kappa shape index (κ3) is 3.16. The first kappa shape index (κ1) is 14.1. The highest BCUT2D eigenvalue weighted by Gasteiger charge is 2.32. The minimum Gasteiger partial charge on any atom is -0.335 e. The number of rotatable bonds is 2. The van der Waals surface area contributed by atoms with Crippen molar-refractivity contribution in [2.45, 2.75) is 39.7 Å². The Morgan fingerprint density at radius 1 is 1.37 bits per heavy atom. The van der Waals surface area contributed by atoms with Crippen LogP contribution in [0, 0.1) is 13.8 Å². The molecular formula is C16H24N2O. The van der Waals surface area contributed by atoms with Crippen molar-refractivity contribution >= 4 is 5.91 Å². The Hall–Kier alpha value is -1.35. The Bertz CT molecular complexity index is 480. The molecule has 1 aliphatic rings. The van der Waals surface area contributed by atoms with Crippen LogP contribution in [0.2, 0.25) is 0 Å². The Morgan fingerprint density at radius 2 is 2.11 bits per heavy atom. The van der Waals surface area contributed by atoms with Gasteiger partial charge in [-0.3, -0.25) is 4.79 Å². The smallest absolute Gasteiger partial charge is 0.227 e. The Labute approximate surface area is 116 Å². The average molecular weight is 260 g/mol. The van der Waals surface area contributed by atoms with E-state index >= 15 is 0 Å². The summed E-state index contributed by atoms with van der Waals surface area (Å²) in [4.78, 5) is 14.6. The van der Waals surface area contributed by atoms with Crippen LogP contribution in [0.5, 0.6) is 0 Å². The lowest BCUT2D eigenvalue weighted by molar-refractivity contribution is -0.136. The van der Waals surface area contributed by atoms with E-state index in [-0.39, 0.29) is 11.4 Å². The van der Waals surface area contributed by atoms with Crippen LogP contribution >= 0.6 is 0 Å². The van der Waals surface area contributed by atoms with Gasteiger partial charge in [-0.15, -0.1) is 0 Å². The van der Waals surface area contributed by atoms with E-state index in [1.165, 1.54) is 11.1 Å². The summed E-state index contributed by atoms with van der Waals surface area (Å²) in [5, 5.41) is 3.35. The fourth-order valence-electron chi connectivity index (χ4n) is 2.69. The highest BCUT2D eigenvalue weighted by atomic mass is 16.2. The van der Waals surface area contributed by atoms with Crippen LogP contribution in [-0.4, -0.2) is 36.0 Å². The molecule has 0 bridgehead atoms. The van der Waals surface area contributed by atoms with Crippen LogP contribution in [0.15, 0.2) is 18.2 Å². The molecule has 1 fully saturated rings. The third-order valence-electron chi connectivity index (χ3n) is 3.95. The van der Waals surface area contributed by atoms with Gasteiger partial charge in [-0.2, -0.15) is 0 Å².